The van der Waals surface area contributed by atoms with Gasteiger partial charge in [-0.25, -0.2) is 5.01 Å². The van der Waals surface area contributed by atoms with E-state index >= 15 is 0 Å². The Morgan fingerprint density at radius 1 is 1.40 bits per heavy atom. The van der Waals surface area contributed by atoms with Crippen LogP contribution in [0.3, 0.4) is 0 Å². The number of nitrogens with one attached hydrogen (secondary N) is 1. The molecule has 2 unspecified atom stereocenters. The lowest BCUT2D eigenvalue weighted by Gasteiger charge is -2.29. The second-order valence-electron chi connectivity index (χ2n) is 4.11. The van der Waals surface area contributed by atoms with Gasteiger partial charge in [0.15, 0.2) is 0 Å². The minimum absolute atomic E-state index is 0.0459. The maximum Gasteiger partial charge on any atom is 0.254 e. The van der Waals surface area contributed by atoms with Gasteiger partial charge in [-0.2, -0.15) is 0 Å². The molecule has 1 N–H and O–H groups in total. The van der Waals surface area contributed by atoms with Crippen LogP contribution in [-0.4, -0.2) is 54.4 Å². The highest BCUT2D eigenvalue weighted by Gasteiger charge is 2.39. The first kappa shape index (κ1) is 10.6. The Morgan fingerprint density at radius 3 is 2.87 bits per heavy atom. The van der Waals surface area contributed by atoms with Crippen molar-refractivity contribution in [2.24, 2.45) is 0 Å². The predicted molar refractivity (Wildman–Crippen MR) is 55.0 cm³/mol. The lowest BCUT2D eigenvalue weighted by molar-refractivity contribution is -0.149. The van der Waals surface area contributed by atoms with Crippen LogP contribution in [0.25, 0.3) is 0 Å². The van der Waals surface area contributed by atoms with Crippen LogP contribution in [0.15, 0.2) is 0 Å². The lowest BCUT2D eigenvalue weighted by Crippen LogP contribution is -2.51. The number of carbonyl (C=O) groups is 2. The molecule has 2 fully saturated rings. The molecule has 2 aliphatic heterocycles. The molecular formula is C10H17N3O2. The molecule has 0 aromatic carbocycles. The minimum Gasteiger partial charge on any atom is -0.309 e. The number of carbonyl (C=O) groups excluding carboxylic acids is 2. The number of hydrogen-bond acceptors (Lipinski definition) is 4. The SMILES string of the molecule is CNC1CCCN2CCC(C=O)N2C1=O. The summed E-state index contributed by atoms with van der Waals surface area (Å²) in [6, 6.07) is -0.373. The van der Waals surface area contributed by atoms with Crippen molar-refractivity contribution in [1.82, 2.24) is 15.3 Å². The molecule has 2 heterocycles. The highest BCUT2D eigenvalue weighted by Crippen LogP contribution is 2.22. The van der Waals surface area contributed by atoms with Crippen molar-refractivity contribution in [3.05, 3.63) is 0 Å². The number of rotatable bonds is 2. The monoisotopic (exact) mass is 211 g/mol. The summed E-state index contributed by atoms with van der Waals surface area (Å²) < 4.78 is 0. The smallest absolute Gasteiger partial charge is 0.254 e. The third kappa shape index (κ3) is 1.77. The number of amides is 1. The molecule has 2 atom stereocenters. The third-order valence-corrected chi connectivity index (χ3v) is 3.24. The van der Waals surface area contributed by atoms with Gasteiger partial charge in [0.1, 0.15) is 12.3 Å². The standard InChI is InChI=1S/C10H17N3O2/c1-11-9-3-2-5-12-6-4-8(7-14)13(12)10(9)15/h7-9,11H,2-6H2,1H3. The minimum atomic E-state index is -0.244. The van der Waals surface area contributed by atoms with Crippen LogP contribution in [-0.2, 0) is 9.59 Å². The van der Waals surface area contributed by atoms with Gasteiger partial charge in [-0.15, -0.1) is 0 Å². The molecular weight excluding hydrogens is 194 g/mol. The first-order valence-electron chi connectivity index (χ1n) is 5.48. The van der Waals surface area contributed by atoms with E-state index in [1.807, 2.05) is 5.01 Å². The van der Waals surface area contributed by atoms with Gasteiger partial charge < -0.3 is 10.1 Å². The number of hydrogen-bond donors (Lipinski definition) is 1. The summed E-state index contributed by atoms with van der Waals surface area (Å²) >= 11 is 0. The van der Waals surface area contributed by atoms with Crippen LogP contribution < -0.4 is 5.32 Å². The molecule has 0 aromatic heterocycles. The summed E-state index contributed by atoms with van der Waals surface area (Å²) in [5.74, 6) is 0.0459. The Bertz CT molecular complexity index is 269. The Hall–Kier alpha value is -0.940. The Morgan fingerprint density at radius 2 is 2.20 bits per heavy atom. The average molecular weight is 211 g/mol. The quantitative estimate of drug-likeness (QED) is 0.619. The van der Waals surface area contributed by atoms with Crippen molar-refractivity contribution in [3.63, 3.8) is 0 Å². The second kappa shape index (κ2) is 4.28. The number of aldehydes is 1. The van der Waals surface area contributed by atoms with E-state index in [2.05, 4.69) is 5.32 Å². The van der Waals surface area contributed by atoms with Gasteiger partial charge >= 0.3 is 0 Å². The third-order valence-electron chi connectivity index (χ3n) is 3.24. The molecule has 0 radical (unpaired) electrons. The van der Waals surface area contributed by atoms with E-state index in [0.717, 1.165) is 38.6 Å². The molecule has 15 heavy (non-hydrogen) atoms. The summed E-state index contributed by atoms with van der Waals surface area (Å²) in [6.45, 7) is 1.71. The highest BCUT2D eigenvalue weighted by atomic mass is 16.2. The van der Waals surface area contributed by atoms with Crippen LogP contribution >= 0.6 is 0 Å². The van der Waals surface area contributed by atoms with E-state index in [4.69, 9.17) is 0 Å². The maximum absolute atomic E-state index is 12.1. The first-order chi connectivity index (χ1) is 7.27. The summed E-state index contributed by atoms with van der Waals surface area (Å²) in [7, 11) is 1.80. The number of nitrogens with zero attached hydrogens (tertiary/aromatic N) is 2. The Labute approximate surface area is 89.4 Å². The van der Waals surface area contributed by atoms with Gasteiger partial charge in [-0.3, -0.25) is 9.80 Å². The van der Waals surface area contributed by atoms with Gasteiger partial charge in [0.25, 0.3) is 5.91 Å². The molecule has 1 amide bonds. The van der Waals surface area contributed by atoms with E-state index in [0.29, 0.717) is 0 Å². The van der Waals surface area contributed by atoms with Gasteiger partial charge in [-0.05, 0) is 26.3 Å². The summed E-state index contributed by atoms with van der Waals surface area (Å²) in [6.07, 6.45) is 3.51. The average Bonchev–Trinajstić information content (AvgIpc) is 2.59. The topological polar surface area (TPSA) is 52.7 Å². The Kier molecular flexibility index (Phi) is 3.02. The zero-order chi connectivity index (χ0) is 10.8. The highest BCUT2D eigenvalue weighted by molar-refractivity contribution is 5.84. The van der Waals surface area contributed by atoms with Crippen molar-refractivity contribution in [3.8, 4) is 0 Å². The van der Waals surface area contributed by atoms with E-state index in [9.17, 15) is 9.59 Å². The van der Waals surface area contributed by atoms with E-state index in [1.54, 1.807) is 12.1 Å². The second-order valence-corrected chi connectivity index (χ2v) is 4.11. The molecule has 2 rings (SSSR count). The molecule has 5 nitrogen and oxygen atoms in total. The molecule has 2 aliphatic rings. The van der Waals surface area contributed by atoms with Crippen molar-refractivity contribution in [2.45, 2.75) is 31.3 Å². The van der Waals surface area contributed by atoms with Crippen molar-refractivity contribution >= 4 is 12.2 Å². The zero-order valence-electron chi connectivity index (χ0n) is 8.98. The van der Waals surface area contributed by atoms with E-state index in [1.165, 1.54) is 0 Å². The Balaban J connectivity index is 2.19. The van der Waals surface area contributed by atoms with Crippen LogP contribution in [0.2, 0.25) is 0 Å². The molecule has 0 aromatic rings. The van der Waals surface area contributed by atoms with Gasteiger partial charge in [0.2, 0.25) is 0 Å². The van der Waals surface area contributed by atoms with E-state index < -0.39 is 0 Å². The van der Waals surface area contributed by atoms with Crippen molar-refractivity contribution in [2.75, 3.05) is 20.1 Å². The molecule has 0 saturated carbocycles. The van der Waals surface area contributed by atoms with Crippen molar-refractivity contribution in [1.29, 1.82) is 0 Å². The van der Waals surface area contributed by atoms with Gasteiger partial charge in [0, 0.05) is 13.1 Å². The number of likely N-dealkylation sites (N-methyl/N-ethyl adjacent to an activating group) is 1. The fourth-order valence-electron chi connectivity index (χ4n) is 2.40. The molecule has 0 spiro atoms. The molecule has 0 bridgehead atoms. The molecule has 0 aliphatic carbocycles. The van der Waals surface area contributed by atoms with Crippen LogP contribution in [0.4, 0.5) is 0 Å². The largest absolute Gasteiger partial charge is 0.309 e. The molecule has 84 valence electrons. The van der Waals surface area contributed by atoms with Gasteiger partial charge in [-0.1, -0.05) is 0 Å². The van der Waals surface area contributed by atoms with Gasteiger partial charge in [0.05, 0.1) is 6.04 Å². The lowest BCUT2D eigenvalue weighted by atomic mass is 10.1. The molecule has 5 heteroatoms. The summed E-state index contributed by atoms with van der Waals surface area (Å²) in [5.41, 5.74) is 0. The van der Waals surface area contributed by atoms with Crippen LogP contribution in [0.5, 0.6) is 0 Å². The fourth-order valence-corrected chi connectivity index (χ4v) is 2.40. The summed E-state index contributed by atoms with van der Waals surface area (Å²) in [4.78, 5) is 23.0. The van der Waals surface area contributed by atoms with E-state index in [-0.39, 0.29) is 18.0 Å². The number of hydrazine groups is 1. The maximum atomic E-state index is 12.1. The van der Waals surface area contributed by atoms with Crippen LogP contribution in [0, 0.1) is 0 Å². The number of fused-ring (bicyclic) bond motifs is 1. The molecule has 2 saturated heterocycles. The first-order valence-corrected chi connectivity index (χ1v) is 5.48. The normalized spacial score (nSPS) is 32.6. The fraction of sp³-hybridized carbons (Fsp3) is 0.800. The zero-order valence-corrected chi connectivity index (χ0v) is 8.98. The van der Waals surface area contributed by atoms with Crippen molar-refractivity contribution < 1.29 is 9.59 Å². The predicted octanol–water partition coefficient (Wildman–Crippen LogP) is -0.615. The van der Waals surface area contributed by atoms with Crippen LogP contribution in [0.1, 0.15) is 19.3 Å². The summed E-state index contributed by atoms with van der Waals surface area (Å²) in [5, 5.41) is 6.68.